The van der Waals surface area contributed by atoms with E-state index in [1.54, 1.807) is 6.20 Å². The molecule has 156 valence electrons. The number of rotatable bonds is 3. The van der Waals surface area contributed by atoms with E-state index in [1.807, 2.05) is 24.5 Å². The normalized spacial score (nSPS) is 21.8. The van der Waals surface area contributed by atoms with Gasteiger partial charge in [-0.3, -0.25) is 9.78 Å². The number of carbonyl (C=O) groups excluding carboxylic acids is 1. The third-order valence-corrected chi connectivity index (χ3v) is 6.72. The van der Waals surface area contributed by atoms with E-state index in [-0.39, 0.29) is 11.2 Å². The van der Waals surface area contributed by atoms with Gasteiger partial charge in [-0.25, -0.2) is 4.98 Å². The third kappa shape index (κ3) is 3.09. The number of carbonyl (C=O) groups is 1. The summed E-state index contributed by atoms with van der Waals surface area (Å²) in [6.45, 7) is 6.51. The van der Waals surface area contributed by atoms with Crippen LogP contribution in [0.3, 0.4) is 0 Å². The first-order chi connectivity index (χ1) is 14.9. The fraction of sp³-hybridized carbons (Fsp3) is 0.296. The van der Waals surface area contributed by atoms with Crippen LogP contribution >= 0.6 is 0 Å². The molecule has 3 heterocycles. The first-order valence-electron chi connectivity index (χ1n) is 10.9. The third-order valence-electron chi connectivity index (χ3n) is 6.72. The molecule has 4 heteroatoms. The molecular formula is C27H27N3O. The molecule has 1 aliphatic carbocycles. The predicted octanol–water partition coefficient (Wildman–Crippen LogP) is 5.91. The average molecular weight is 410 g/mol. The molecule has 0 saturated heterocycles. The summed E-state index contributed by atoms with van der Waals surface area (Å²) < 4.78 is 0. The maximum absolute atomic E-state index is 13.6. The van der Waals surface area contributed by atoms with Gasteiger partial charge in [-0.15, -0.1) is 0 Å². The van der Waals surface area contributed by atoms with Gasteiger partial charge in [0.2, 0.25) is 0 Å². The standard InChI is InChI=1S/C27H27N3O/c1-4-27(20-10-5-8-18(14-20)19-9-6-12-28-17-19)21-11-7-13-29-25(21)30-22-15-26(2,3)16-23(31)24(22)27/h5-14,17H,4,15-16H2,1-3H3,(H,29,30)/t27-/m0/s1. The van der Waals surface area contributed by atoms with Crippen LogP contribution in [-0.4, -0.2) is 15.8 Å². The minimum Gasteiger partial charge on any atom is -0.343 e. The number of fused-ring (bicyclic) bond motifs is 1. The van der Waals surface area contributed by atoms with Crippen LogP contribution in [0.5, 0.6) is 0 Å². The smallest absolute Gasteiger partial charge is 0.162 e. The highest BCUT2D eigenvalue weighted by Crippen LogP contribution is 2.53. The Labute approximate surface area is 183 Å². The second-order valence-electron chi connectivity index (χ2n) is 9.40. The number of aromatic nitrogens is 2. The molecular weight excluding hydrogens is 382 g/mol. The number of anilines is 1. The maximum Gasteiger partial charge on any atom is 0.162 e. The molecule has 0 unspecified atom stereocenters. The molecule has 31 heavy (non-hydrogen) atoms. The highest BCUT2D eigenvalue weighted by atomic mass is 16.1. The number of nitrogens with zero attached hydrogens (tertiary/aromatic N) is 2. The monoisotopic (exact) mass is 409 g/mol. The van der Waals surface area contributed by atoms with Crippen molar-refractivity contribution >= 4 is 11.6 Å². The van der Waals surface area contributed by atoms with E-state index < -0.39 is 5.41 Å². The quantitative estimate of drug-likeness (QED) is 0.584. The SMILES string of the molecule is CC[C@@]1(c2cccc(-c3cccnc3)c2)C2=C(CC(C)(C)CC2=O)Nc2ncccc21. The van der Waals surface area contributed by atoms with Gasteiger partial charge in [0.15, 0.2) is 5.78 Å². The molecule has 0 radical (unpaired) electrons. The van der Waals surface area contributed by atoms with Crippen molar-refractivity contribution in [2.45, 2.75) is 45.4 Å². The Kier molecular flexibility index (Phi) is 4.54. The predicted molar refractivity (Wildman–Crippen MR) is 124 cm³/mol. The van der Waals surface area contributed by atoms with Gasteiger partial charge in [0.1, 0.15) is 5.82 Å². The molecule has 1 N–H and O–H groups in total. The maximum atomic E-state index is 13.6. The lowest BCUT2D eigenvalue weighted by molar-refractivity contribution is -0.118. The Balaban J connectivity index is 1.78. The Bertz CT molecular complexity index is 1200. The fourth-order valence-corrected chi connectivity index (χ4v) is 5.42. The van der Waals surface area contributed by atoms with E-state index in [4.69, 9.17) is 0 Å². The average Bonchev–Trinajstić information content (AvgIpc) is 2.77. The van der Waals surface area contributed by atoms with E-state index in [1.165, 1.54) is 0 Å². The van der Waals surface area contributed by atoms with Crippen molar-refractivity contribution in [3.05, 3.63) is 89.5 Å². The number of allylic oxidation sites excluding steroid dienone is 2. The van der Waals surface area contributed by atoms with Crippen molar-refractivity contribution in [3.8, 4) is 11.1 Å². The van der Waals surface area contributed by atoms with Crippen LogP contribution in [-0.2, 0) is 10.2 Å². The summed E-state index contributed by atoms with van der Waals surface area (Å²) in [5, 5.41) is 3.53. The molecule has 4 nitrogen and oxygen atoms in total. The van der Waals surface area contributed by atoms with Gasteiger partial charge in [0.25, 0.3) is 0 Å². The van der Waals surface area contributed by atoms with Gasteiger partial charge in [-0.1, -0.05) is 51.1 Å². The zero-order chi connectivity index (χ0) is 21.6. The first kappa shape index (κ1) is 19.7. The second-order valence-corrected chi connectivity index (χ2v) is 9.40. The molecule has 0 spiro atoms. The van der Waals surface area contributed by atoms with Crippen molar-refractivity contribution in [2.24, 2.45) is 5.41 Å². The number of pyridine rings is 2. The lowest BCUT2D eigenvalue weighted by Crippen LogP contribution is -2.43. The van der Waals surface area contributed by atoms with Crippen LogP contribution in [0.4, 0.5) is 5.82 Å². The minimum absolute atomic E-state index is 0.0633. The summed E-state index contributed by atoms with van der Waals surface area (Å²) in [7, 11) is 0. The van der Waals surface area contributed by atoms with E-state index in [2.05, 4.69) is 72.5 Å². The van der Waals surface area contributed by atoms with Gasteiger partial charge in [-0.2, -0.15) is 0 Å². The van der Waals surface area contributed by atoms with Crippen LogP contribution in [0.15, 0.2) is 78.4 Å². The molecule has 0 amide bonds. The van der Waals surface area contributed by atoms with E-state index >= 15 is 0 Å². The van der Waals surface area contributed by atoms with Gasteiger partial charge < -0.3 is 5.32 Å². The number of hydrogen-bond donors (Lipinski definition) is 1. The summed E-state index contributed by atoms with van der Waals surface area (Å²) in [5.41, 5.74) is 5.75. The number of ketones is 1. The Morgan fingerprint density at radius 3 is 2.58 bits per heavy atom. The van der Waals surface area contributed by atoms with Crippen molar-refractivity contribution in [2.75, 3.05) is 5.32 Å². The summed E-state index contributed by atoms with van der Waals surface area (Å²) in [6, 6.07) is 16.7. The molecule has 0 saturated carbocycles. The van der Waals surface area contributed by atoms with E-state index in [0.29, 0.717) is 6.42 Å². The van der Waals surface area contributed by atoms with Crippen molar-refractivity contribution in [3.63, 3.8) is 0 Å². The Morgan fingerprint density at radius 1 is 1.00 bits per heavy atom. The van der Waals surface area contributed by atoms with Gasteiger partial charge in [0, 0.05) is 41.8 Å². The van der Waals surface area contributed by atoms with Gasteiger partial charge in [0.05, 0.1) is 5.41 Å². The van der Waals surface area contributed by atoms with Gasteiger partial charge in [-0.05, 0) is 53.1 Å². The Morgan fingerprint density at radius 2 is 1.81 bits per heavy atom. The lowest BCUT2D eigenvalue weighted by atomic mass is 9.59. The molecule has 1 aliphatic heterocycles. The van der Waals surface area contributed by atoms with Crippen LogP contribution in [0, 0.1) is 5.41 Å². The van der Waals surface area contributed by atoms with Gasteiger partial charge >= 0.3 is 0 Å². The van der Waals surface area contributed by atoms with Crippen LogP contribution in [0.2, 0.25) is 0 Å². The summed E-state index contributed by atoms with van der Waals surface area (Å²) in [6.07, 6.45) is 7.68. The van der Waals surface area contributed by atoms with Crippen LogP contribution < -0.4 is 5.32 Å². The van der Waals surface area contributed by atoms with Crippen molar-refractivity contribution in [1.82, 2.24) is 9.97 Å². The summed E-state index contributed by atoms with van der Waals surface area (Å²) >= 11 is 0. The van der Waals surface area contributed by atoms with Crippen LogP contribution in [0.25, 0.3) is 11.1 Å². The minimum atomic E-state index is -0.518. The number of benzene rings is 1. The molecule has 0 fully saturated rings. The molecule has 1 atom stereocenters. The highest BCUT2D eigenvalue weighted by molar-refractivity contribution is 6.03. The molecule has 3 aromatic rings. The zero-order valence-electron chi connectivity index (χ0n) is 18.3. The van der Waals surface area contributed by atoms with E-state index in [9.17, 15) is 4.79 Å². The van der Waals surface area contributed by atoms with E-state index in [0.717, 1.165) is 52.2 Å². The van der Waals surface area contributed by atoms with Crippen LogP contribution in [0.1, 0.15) is 51.2 Å². The van der Waals surface area contributed by atoms with Crippen molar-refractivity contribution < 1.29 is 4.79 Å². The summed E-state index contributed by atoms with van der Waals surface area (Å²) in [4.78, 5) is 22.6. The molecule has 5 rings (SSSR count). The lowest BCUT2D eigenvalue weighted by Gasteiger charge is -2.46. The Hall–Kier alpha value is -3.27. The zero-order valence-corrected chi connectivity index (χ0v) is 18.3. The number of hydrogen-bond acceptors (Lipinski definition) is 4. The first-order valence-corrected chi connectivity index (χ1v) is 10.9. The molecule has 0 bridgehead atoms. The molecule has 2 aromatic heterocycles. The molecule has 2 aliphatic rings. The number of nitrogens with one attached hydrogen (secondary N) is 1. The molecule has 1 aromatic carbocycles. The number of Topliss-reactive ketones (excluding diaryl/α,β-unsaturated/α-hetero) is 1. The second kappa shape index (κ2) is 7.16. The van der Waals surface area contributed by atoms with Crippen molar-refractivity contribution in [1.29, 1.82) is 0 Å². The highest BCUT2D eigenvalue weighted by Gasteiger charge is 2.49. The largest absolute Gasteiger partial charge is 0.343 e. The fourth-order valence-electron chi connectivity index (χ4n) is 5.42. The summed E-state index contributed by atoms with van der Waals surface area (Å²) in [5.74, 6) is 1.10. The topological polar surface area (TPSA) is 54.9 Å².